The Balaban J connectivity index is 3.12. The molecule has 5 nitrogen and oxygen atoms in total. The molecule has 0 bridgehead atoms. The number of nitro benzene ring substituents is 1. The number of rotatable bonds is 3. The van der Waals surface area contributed by atoms with Crippen molar-refractivity contribution in [2.24, 2.45) is 5.73 Å². The molecule has 0 unspecified atom stereocenters. The monoisotopic (exact) mass is 194 g/mol. The number of aromatic hydroxyl groups is 1. The first-order valence-electron chi connectivity index (χ1n) is 3.91. The summed E-state index contributed by atoms with van der Waals surface area (Å²) in [5, 5.41) is 19.6. The predicted octanol–water partition coefficient (Wildman–Crippen LogP) is 1.49. The van der Waals surface area contributed by atoms with Crippen LogP contribution in [0.4, 0.5) is 5.69 Å². The number of nitrogens with zero attached hydrogens (tertiary/aromatic N) is 1. The Kier molecular flexibility index (Phi) is 2.83. The van der Waals surface area contributed by atoms with E-state index in [1.165, 1.54) is 24.3 Å². The van der Waals surface area contributed by atoms with Crippen molar-refractivity contribution in [1.82, 2.24) is 0 Å². The van der Waals surface area contributed by atoms with Gasteiger partial charge in [-0.1, -0.05) is 12.1 Å². The van der Waals surface area contributed by atoms with E-state index in [4.69, 9.17) is 5.73 Å². The zero-order valence-corrected chi connectivity index (χ0v) is 7.38. The Morgan fingerprint density at radius 3 is 2.71 bits per heavy atom. The largest absolute Gasteiger partial charge is 0.502 e. The first-order valence-corrected chi connectivity index (χ1v) is 3.91. The first-order chi connectivity index (χ1) is 6.56. The highest BCUT2D eigenvalue weighted by Crippen LogP contribution is 2.28. The Morgan fingerprint density at radius 2 is 2.29 bits per heavy atom. The lowest BCUT2D eigenvalue weighted by Crippen LogP contribution is -2.06. The topological polar surface area (TPSA) is 89.4 Å². The van der Waals surface area contributed by atoms with Gasteiger partial charge in [-0.25, -0.2) is 0 Å². The quantitative estimate of drug-likeness (QED) is 0.433. The van der Waals surface area contributed by atoms with Gasteiger partial charge >= 0.3 is 5.69 Å². The summed E-state index contributed by atoms with van der Waals surface area (Å²) in [5.74, 6) is -0.384. The van der Waals surface area contributed by atoms with Gasteiger partial charge in [0, 0.05) is 12.1 Å². The summed E-state index contributed by atoms with van der Waals surface area (Å²) in [7, 11) is 0. The van der Waals surface area contributed by atoms with E-state index in [0.29, 0.717) is 5.56 Å². The fourth-order valence-electron chi connectivity index (χ4n) is 1.04. The van der Waals surface area contributed by atoms with Crippen LogP contribution in [-0.4, -0.2) is 10.0 Å². The second-order valence-electron chi connectivity index (χ2n) is 2.77. The van der Waals surface area contributed by atoms with Gasteiger partial charge in [0.25, 0.3) is 0 Å². The van der Waals surface area contributed by atoms with E-state index in [2.05, 4.69) is 6.58 Å². The number of phenolic OH excluding ortho intramolecular Hbond substituents is 1. The summed E-state index contributed by atoms with van der Waals surface area (Å²) >= 11 is 0. The molecule has 0 spiro atoms. The van der Waals surface area contributed by atoms with Crippen LogP contribution in [0.1, 0.15) is 11.6 Å². The molecule has 0 aliphatic rings. The van der Waals surface area contributed by atoms with Crippen molar-refractivity contribution in [3.63, 3.8) is 0 Å². The van der Waals surface area contributed by atoms with Crippen molar-refractivity contribution >= 4 is 5.69 Å². The molecule has 0 fully saturated rings. The molecule has 0 amide bonds. The van der Waals surface area contributed by atoms with Gasteiger partial charge in [0.2, 0.25) is 0 Å². The van der Waals surface area contributed by atoms with Crippen LogP contribution >= 0.6 is 0 Å². The maximum Gasteiger partial charge on any atom is 0.310 e. The van der Waals surface area contributed by atoms with Crippen LogP contribution in [0.15, 0.2) is 30.9 Å². The number of hydrogen-bond acceptors (Lipinski definition) is 4. The molecule has 1 atom stereocenters. The fourth-order valence-corrected chi connectivity index (χ4v) is 1.04. The van der Waals surface area contributed by atoms with E-state index in [1.807, 2.05) is 0 Å². The Labute approximate surface area is 80.6 Å². The molecule has 0 radical (unpaired) electrons. The molecule has 0 aliphatic heterocycles. The first kappa shape index (κ1) is 10.2. The van der Waals surface area contributed by atoms with Gasteiger partial charge in [0.1, 0.15) is 0 Å². The third kappa shape index (κ3) is 1.89. The number of hydrogen-bond donors (Lipinski definition) is 2. The lowest BCUT2D eigenvalue weighted by molar-refractivity contribution is -0.385. The van der Waals surface area contributed by atoms with E-state index >= 15 is 0 Å². The smallest absolute Gasteiger partial charge is 0.310 e. The van der Waals surface area contributed by atoms with Crippen LogP contribution in [0.5, 0.6) is 5.75 Å². The lowest BCUT2D eigenvalue weighted by Gasteiger charge is -2.06. The zero-order chi connectivity index (χ0) is 10.7. The molecule has 0 aliphatic carbocycles. The lowest BCUT2D eigenvalue weighted by atomic mass is 10.1. The zero-order valence-electron chi connectivity index (χ0n) is 7.38. The summed E-state index contributed by atoms with van der Waals surface area (Å²) < 4.78 is 0. The molecule has 1 aromatic carbocycles. The fraction of sp³-hybridized carbons (Fsp3) is 0.111. The molecule has 3 N–H and O–H groups in total. The van der Waals surface area contributed by atoms with E-state index in [0.717, 1.165) is 0 Å². The van der Waals surface area contributed by atoms with E-state index in [9.17, 15) is 15.2 Å². The van der Waals surface area contributed by atoms with Crippen molar-refractivity contribution in [1.29, 1.82) is 0 Å². The van der Waals surface area contributed by atoms with Gasteiger partial charge < -0.3 is 10.8 Å². The highest BCUT2D eigenvalue weighted by molar-refractivity contribution is 5.48. The number of phenols is 1. The molecular weight excluding hydrogens is 184 g/mol. The van der Waals surface area contributed by atoms with Crippen LogP contribution in [0.2, 0.25) is 0 Å². The normalized spacial score (nSPS) is 12.1. The molecular formula is C9H10N2O3. The Bertz CT molecular complexity index is 376. The summed E-state index contributed by atoms with van der Waals surface area (Å²) in [4.78, 5) is 9.71. The van der Waals surface area contributed by atoms with Gasteiger partial charge in [-0.3, -0.25) is 10.1 Å². The standard InChI is InChI=1S/C9H10N2O3/c1-2-7(10)6-3-4-8(11(13)14)9(12)5-6/h2-5,7,12H,1,10H2/t7-/m0/s1. The highest BCUT2D eigenvalue weighted by Gasteiger charge is 2.14. The third-order valence-corrected chi connectivity index (χ3v) is 1.84. The van der Waals surface area contributed by atoms with Crippen LogP contribution in [-0.2, 0) is 0 Å². The molecule has 0 aromatic heterocycles. The van der Waals surface area contributed by atoms with Gasteiger partial charge in [0.05, 0.1) is 4.92 Å². The van der Waals surface area contributed by atoms with Gasteiger partial charge in [-0.15, -0.1) is 6.58 Å². The van der Waals surface area contributed by atoms with Crippen LogP contribution in [0.25, 0.3) is 0 Å². The van der Waals surface area contributed by atoms with Crippen molar-refractivity contribution in [3.8, 4) is 5.75 Å². The number of nitrogens with two attached hydrogens (primary N) is 1. The number of benzene rings is 1. The minimum absolute atomic E-state index is 0.329. The second kappa shape index (κ2) is 3.89. The number of nitro groups is 1. The van der Waals surface area contributed by atoms with Crippen molar-refractivity contribution in [2.45, 2.75) is 6.04 Å². The average Bonchev–Trinajstić information content (AvgIpc) is 2.15. The molecule has 5 heteroatoms. The molecule has 1 rings (SSSR count). The summed E-state index contributed by atoms with van der Waals surface area (Å²) in [6.45, 7) is 3.48. The maximum absolute atomic E-state index is 10.4. The van der Waals surface area contributed by atoms with Crippen LogP contribution in [0.3, 0.4) is 0 Å². The molecule has 14 heavy (non-hydrogen) atoms. The molecule has 0 saturated heterocycles. The summed E-state index contributed by atoms with van der Waals surface area (Å²) in [6, 6.07) is 3.55. The second-order valence-corrected chi connectivity index (χ2v) is 2.77. The van der Waals surface area contributed by atoms with Gasteiger partial charge in [-0.05, 0) is 11.6 Å². The summed E-state index contributed by atoms with van der Waals surface area (Å²) in [6.07, 6.45) is 1.49. The van der Waals surface area contributed by atoms with Gasteiger partial charge in [0.15, 0.2) is 5.75 Å². The van der Waals surface area contributed by atoms with E-state index in [-0.39, 0.29) is 11.4 Å². The minimum atomic E-state index is -0.654. The van der Waals surface area contributed by atoms with E-state index in [1.54, 1.807) is 0 Å². The SMILES string of the molecule is C=C[C@H](N)c1ccc([N+](=O)[O-])c(O)c1. The summed E-state index contributed by atoms with van der Waals surface area (Å²) in [5.41, 5.74) is 5.85. The van der Waals surface area contributed by atoms with Crippen molar-refractivity contribution in [3.05, 3.63) is 46.5 Å². The molecule has 0 saturated carbocycles. The van der Waals surface area contributed by atoms with Crippen molar-refractivity contribution in [2.75, 3.05) is 0 Å². The van der Waals surface area contributed by atoms with Crippen LogP contribution in [0, 0.1) is 10.1 Å². The van der Waals surface area contributed by atoms with Crippen LogP contribution < -0.4 is 5.73 Å². The van der Waals surface area contributed by atoms with Gasteiger partial charge in [-0.2, -0.15) is 0 Å². The maximum atomic E-state index is 10.4. The molecule has 1 aromatic rings. The van der Waals surface area contributed by atoms with E-state index < -0.39 is 11.0 Å². The third-order valence-electron chi connectivity index (χ3n) is 1.84. The highest BCUT2D eigenvalue weighted by atomic mass is 16.6. The molecule has 0 heterocycles. The Morgan fingerprint density at radius 1 is 1.64 bits per heavy atom. The average molecular weight is 194 g/mol. The van der Waals surface area contributed by atoms with Crippen molar-refractivity contribution < 1.29 is 10.0 Å². The Hall–Kier alpha value is -1.88. The predicted molar refractivity (Wildman–Crippen MR) is 51.9 cm³/mol. The molecule has 74 valence electrons. The minimum Gasteiger partial charge on any atom is -0.502 e.